The zero-order valence-electron chi connectivity index (χ0n) is 32.5. The van der Waals surface area contributed by atoms with Gasteiger partial charge in [0.25, 0.3) is 0 Å². The minimum absolute atomic E-state index is 0.000561. The van der Waals surface area contributed by atoms with E-state index < -0.39 is 5.97 Å². The maximum Gasteiger partial charge on any atom is 0.311 e. The molecule has 8 heteroatoms. The third-order valence-corrected chi connectivity index (χ3v) is 11.3. The summed E-state index contributed by atoms with van der Waals surface area (Å²) in [6.07, 6.45) is 13.5. The van der Waals surface area contributed by atoms with Crippen molar-refractivity contribution < 1.29 is 23.8 Å². The van der Waals surface area contributed by atoms with Crippen molar-refractivity contribution >= 4 is 24.6 Å². The van der Waals surface area contributed by atoms with Gasteiger partial charge in [0.15, 0.2) is 0 Å². The molecule has 3 unspecified atom stereocenters. The van der Waals surface area contributed by atoms with E-state index in [1.165, 1.54) is 51.4 Å². The first kappa shape index (κ1) is 41.6. The van der Waals surface area contributed by atoms with Gasteiger partial charge >= 0.3 is 11.9 Å². The van der Waals surface area contributed by atoms with Crippen LogP contribution in [0, 0.1) is 38.5 Å². The third-order valence-electron chi connectivity index (χ3n) is 11.1. The van der Waals surface area contributed by atoms with Crippen molar-refractivity contribution in [2.45, 2.75) is 144 Å². The average Bonchev–Trinajstić information content (AvgIpc) is 3.05. The summed E-state index contributed by atoms with van der Waals surface area (Å²) in [6, 6.07) is 0. The van der Waals surface area contributed by atoms with Gasteiger partial charge in [-0.05, 0) is 87.8 Å². The van der Waals surface area contributed by atoms with Gasteiger partial charge in [-0.2, -0.15) is 12.6 Å². The van der Waals surface area contributed by atoms with Crippen LogP contribution in [0.2, 0.25) is 0 Å². The summed E-state index contributed by atoms with van der Waals surface area (Å²) in [5.74, 6) is 4.11. The molecular weight excluding hydrogens is 633 g/mol. The quantitative estimate of drug-likeness (QED) is 0.0780. The van der Waals surface area contributed by atoms with E-state index in [0.717, 1.165) is 110 Å². The second kappa shape index (κ2) is 20.9. The Hall–Kier alpha value is -1.77. The van der Waals surface area contributed by atoms with Crippen LogP contribution >= 0.6 is 12.6 Å². The number of rotatable bonds is 21. The second-order valence-electron chi connectivity index (χ2n) is 16.0. The Morgan fingerprint density at radius 1 is 0.796 bits per heavy atom. The van der Waals surface area contributed by atoms with Gasteiger partial charge in [0, 0.05) is 50.6 Å². The molecule has 7 nitrogen and oxygen atoms in total. The zero-order chi connectivity index (χ0) is 36.0. The Balaban J connectivity index is 1.40. The molecule has 0 aromatic heterocycles. The molecule has 0 bridgehead atoms. The molecule has 280 valence electrons. The predicted octanol–water partition coefficient (Wildman–Crippen LogP) is 8.91. The van der Waals surface area contributed by atoms with Crippen LogP contribution in [0.4, 0.5) is 0 Å². The van der Waals surface area contributed by atoms with Gasteiger partial charge in [0.1, 0.15) is 23.7 Å². The van der Waals surface area contributed by atoms with Gasteiger partial charge in [-0.1, -0.05) is 72.6 Å². The monoisotopic (exact) mass is 703 g/mol. The fourth-order valence-electron chi connectivity index (χ4n) is 7.52. The lowest BCUT2D eigenvalue weighted by Crippen LogP contribution is -2.47. The topological polar surface area (TPSA) is 68.3 Å². The van der Waals surface area contributed by atoms with E-state index in [-0.39, 0.29) is 24.4 Å². The molecule has 1 aromatic carbocycles. The van der Waals surface area contributed by atoms with Crippen molar-refractivity contribution in [2.24, 2.45) is 17.8 Å². The van der Waals surface area contributed by atoms with E-state index in [2.05, 4.69) is 64.0 Å². The molecule has 2 aliphatic rings. The van der Waals surface area contributed by atoms with Gasteiger partial charge in [-0.3, -0.25) is 19.4 Å². The number of ether oxygens (including phenoxy) is 3. The molecular formula is C41H70N2O5S. The number of fused-ring (bicyclic) bond motifs is 1. The highest BCUT2D eigenvalue weighted by atomic mass is 32.1. The van der Waals surface area contributed by atoms with E-state index in [1.807, 2.05) is 13.8 Å². The van der Waals surface area contributed by atoms with E-state index >= 15 is 0 Å². The summed E-state index contributed by atoms with van der Waals surface area (Å²) in [5, 5.41) is 0. The SMILES string of the molecule is Cc1c(C)c2c(c(C)c1OC(=O)CCC(=O)OCCN1CCN(CCS)CC1)CCC(C)(CCCC(C)CCCC(C)CCCC(C)C)O2. The molecule has 0 aliphatic carbocycles. The van der Waals surface area contributed by atoms with Crippen LogP contribution in [0.1, 0.15) is 134 Å². The fraction of sp³-hybridized carbons (Fsp3) is 0.805. The Morgan fingerprint density at radius 3 is 1.98 bits per heavy atom. The van der Waals surface area contributed by atoms with Crippen molar-refractivity contribution in [3.05, 3.63) is 22.3 Å². The molecule has 3 atom stereocenters. The van der Waals surface area contributed by atoms with Crippen LogP contribution in [0.5, 0.6) is 11.5 Å². The molecule has 2 aliphatic heterocycles. The molecule has 0 saturated carbocycles. The summed E-state index contributed by atoms with van der Waals surface area (Å²) in [7, 11) is 0. The van der Waals surface area contributed by atoms with Gasteiger partial charge < -0.3 is 14.2 Å². The minimum atomic E-state index is -0.404. The molecule has 0 amide bonds. The maximum atomic E-state index is 12.9. The fourth-order valence-corrected chi connectivity index (χ4v) is 7.80. The Morgan fingerprint density at radius 2 is 1.37 bits per heavy atom. The van der Waals surface area contributed by atoms with Gasteiger partial charge in [0.2, 0.25) is 0 Å². The van der Waals surface area contributed by atoms with E-state index in [4.69, 9.17) is 14.2 Å². The molecule has 2 heterocycles. The summed E-state index contributed by atoms with van der Waals surface area (Å²) < 4.78 is 18.1. The molecule has 0 N–H and O–H groups in total. The normalized spacial score (nSPS) is 19.7. The largest absolute Gasteiger partial charge is 0.487 e. The van der Waals surface area contributed by atoms with Crippen molar-refractivity contribution in [3.8, 4) is 11.5 Å². The number of thiol groups is 1. The summed E-state index contributed by atoms with van der Waals surface area (Å²) >= 11 is 4.31. The van der Waals surface area contributed by atoms with Crippen LogP contribution in [-0.2, 0) is 20.7 Å². The van der Waals surface area contributed by atoms with Crippen LogP contribution < -0.4 is 9.47 Å². The number of hydrogen-bond donors (Lipinski definition) is 1. The van der Waals surface area contributed by atoms with Crippen molar-refractivity contribution in [1.82, 2.24) is 9.80 Å². The van der Waals surface area contributed by atoms with Crippen molar-refractivity contribution in [1.29, 1.82) is 0 Å². The number of hydrogen-bond acceptors (Lipinski definition) is 8. The van der Waals surface area contributed by atoms with Gasteiger partial charge in [0.05, 0.1) is 12.8 Å². The summed E-state index contributed by atoms with van der Waals surface area (Å²) in [6.45, 7) is 23.9. The number of carbonyl (C=O) groups is 2. The summed E-state index contributed by atoms with van der Waals surface area (Å²) in [4.78, 5) is 29.9. The lowest BCUT2D eigenvalue weighted by atomic mass is 9.83. The van der Waals surface area contributed by atoms with Crippen molar-refractivity contribution in [3.63, 3.8) is 0 Å². The predicted molar refractivity (Wildman–Crippen MR) is 205 cm³/mol. The number of carbonyl (C=O) groups excluding carboxylic acids is 2. The number of esters is 2. The maximum absolute atomic E-state index is 12.9. The van der Waals surface area contributed by atoms with Crippen LogP contribution in [0.25, 0.3) is 0 Å². The van der Waals surface area contributed by atoms with E-state index in [9.17, 15) is 9.59 Å². The highest BCUT2D eigenvalue weighted by Gasteiger charge is 2.35. The Kier molecular flexibility index (Phi) is 17.8. The smallest absolute Gasteiger partial charge is 0.311 e. The minimum Gasteiger partial charge on any atom is -0.487 e. The molecule has 1 fully saturated rings. The zero-order valence-corrected chi connectivity index (χ0v) is 33.4. The molecule has 49 heavy (non-hydrogen) atoms. The highest BCUT2D eigenvalue weighted by Crippen LogP contribution is 2.45. The lowest BCUT2D eigenvalue weighted by molar-refractivity contribution is -0.147. The second-order valence-corrected chi connectivity index (χ2v) is 16.5. The Bertz CT molecular complexity index is 1180. The first-order chi connectivity index (χ1) is 23.3. The highest BCUT2D eigenvalue weighted by molar-refractivity contribution is 7.80. The van der Waals surface area contributed by atoms with Crippen LogP contribution in [-0.4, -0.2) is 79.0 Å². The first-order valence-corrected chi connectivity index (χ1v) is 20.2. The van der Waals surface area contributed by atoms with Gasteiger partial charge in [-0.15, -0.1) is 0 Å². The van der Waals surface area contributed by atoms with Crippen LogP contribution in [0.3, 0.4) is 0 Å². The number of benzene rings is 1. The molecule has 3 rings (SSSR count). The molecule has 1 saturated heterocycles. The molecule has 0 spiro atoms. The van der Waals surface area contributed by atoms with E-state index in [0.29, 0.717) is 12.4 Å². The third kappa shape index (κ3) is 14.1. The Labute approximate surface area is 305 Å². The first-order valence-electron chi connectivity index (χ1n) is 19.5. The molecule has 1 aromatic rings. The van der Waals surface area contributed by atoms with Crippen molar-refractivity contribution in [2.75, 3.05) is 51.6 Å². The standard InChI is InChI=1S/C41H70N2O5S/c1-30(2)12-9-13-31(3)14-10-15-32(4)16-11-20-41(8)21-19-36-35(7)39(33(5)34(6)40(36)48-41)47-38(45)18-17-37(44)46-28-26-42-22-24-43(25-23-42)27-29-49/h30-32,49H,9-29H2,1-8H3. The van der Waals surface area contributed by atoms with Crippen LogP contribution in [0.15, 0.2) is 0 Å². The van der Waals surface area contributed by atoms with Gasteiger partial charge in [-0.25, -0.2) is 0 Å². The average molecular weight is 703 g/mol. The summed E-state index contributed by atoms with van der Waals surface area (Å²) in [5.41, 5.74) is 3.90. The number of piperazine rings is 1. The number of nitrogens with zero attached hydrogens (tertiary/aromatic N) is 2. The lowest BCUT2D eigenvalue weighted by Gasteiger charge is -2.38. The van der Waals surface area contributed by atoms with E-state index in [1.54, 1.807) is 0 Å². The molecule has 0 radical (unpaired) electrons.